The summed E-state index contributed by atoms with van der Waals surface area (Å²) >= 11 is 1.57. The molecule has 2 atom stereocenters. The molecule has 0 saturated heterocycles. The predicted molar refractivity (Wildman–Crippen MR) is 120 cm³/mol. The van der Waals surface area contributed by atoms with Crippen LogP contribution in [0.25, 0.3) is 10.9 Å². The fraction of sp³-hybridized carbons (Fsp3) is 0.120. The molecule has 0 radical (unpaired) electrons. The Morgan fingerprint density at radius 3 is 2.84 bits per heavy atom. The molecule has 1 N–H and O–H groups in total. The van der Waals surface area contributed by atoms with E-state index in [0.717, 1.165) is 27.1 Å². The van der Waals surface area contributed by atoms with Gasteiger partial charge in [-0.2, -0.15) is 0 Å². The number of fused-ring (bicyclic) bond motifs is 4. The minimum absolute atomic E-state index is 0. The van der Waals surface area contributed by atoms with E-state index in [1.165, 1.54) is 0 Å². The summed E-state index contributed by atoms with van der Waals surface area (Å²) in [4.78, 5) is 9.17. The number of para-hydroxylation sites is 1. The summed E-state index contributed by atoms with van der Waals surface area (Å²) < 4.78 is 23.1. The number of aromatic hydroxyl groups is 1. The molecule has 4 aromatic rings. The molecule has 1 aromatic heterocycles. The number of hydrogen-bond acceptors (Lipinski definition) is 5. The van der Waals surface area contributed by atoms with Crippen LogP contribution < -0.4 is 4.74 Å². The Kier molecular flexibility index (Phi) is 4.73. The van der Waals surface area contributed by atoms with Gasteiger partial charge in [-0.15, -0.1) is 35.5 Å². The SMILES string of the molecule is [2H]C1([2H])c2ccccc2[C@H]2SC(c3[c-]c(Oc4ccc5cccc(O)c5n4)ccc3)=N[C@H]21.[Pt]. The van der Waals surface area contributed by atoms with E-state index in [0.29, 0.717) is 17.1 Å². The molecule has 0 spiro atoms. The van der Waals surface area contributed by atoms with Gasteiger partial charge in [-0.1, -0.05) is 42.5 Å². The van der Waals surface area contributed by atoms with Crippen molar-refractivity contribution in [2.75, 3.05) is 0 Å². The van der Waals surface area contributed by atoms with Gasteiger partial charge in [-0.05, 0) is 29.6 Å². The molecule has 0 unspecified atom stereocenters. The quantitative estimate of drug-likeness (QED) is 0.305. The van der Waals surface area contributed by atoms with E-state index < -0.39 is 12.4 Å². The zero-order chi connectivity index (χ0) is 21.9. The summed E-state index contributed by atoms with van der Waals surface area (Å²) in [5.74, 6) is 0.938. The summed E-state index contributed by atoms with van der Waals surface area (Å²) in [5, 5.41) is 11.6. The normalized spacial score (nSPS) is 21.4. The van der Waals surface area contributed by atoms with E-state index in [1.807, 2.05) is 48.5 Å². The van der Waals surface area contributed by atoms with Gasteiger partial charge in [0, 0.05) is 51.3 Å². The Hall–Kier alpha value is -2.62. The van der Waals surface area contributed by atoms with E-state index in [4.69, 9.17) is 12.5 Å². The molecule has 3 aromatic carbocycles. The molecule has 1 aliphatic carbocycles. The van der Waals surface area contributed by atoms with Gasteiger partial charge < -0.3 is 14.8 Å². The molecule has 31 heavy (non-hydrogen) atoms. The maximum atomic E-state index is 10.1. The van der Waals surface area contributed by atoms with Crippen molar-refractivity contribution in [1.29, 1.82) is 0 Å². The number of nitrogens with zero attached hydrogens (tertiary/aromatic N) is 2. The monoisotopic (exact) mass is 606 g/mol. The van der Waals surface area contributed by atoms with Crippen molar-refractivity contribution in [2.24, 2.45) is 4.99 Å². The molecular formula is C25H17N2O2PtS-. The maximum absolute atomic E-state index is 10.1. The second-order valence-electron chi connectivity index (χ2n) is 7.18. The molecule has 156 valence electrons. The van der Waals surface area contributed by atoms with Crippen LogP contribution in [0.4, 0.5) is 0 Å². The Balaban J connectivity index is 0.00000228. The average molecular weight is 607 g/mol. The third-order valence-corrected chi connectivity index (χ3v) is 6.55. The zero-order valence-corrected chi connectivity index (χ0v) is 19.1. The van der Waals surface area contributed by atoms with Gasteiger partial charge in [0.25, 0.3) is 0 Å². The Bertz CT molecular complexity index is 1410. The van der Waals surface area contributed by atoms with Crippen LogP contribution in [0, 0.1) is 6.07 Å². The smallest absolute Gasteiger partial charge is 0.217 e. The van der Waals surface area contributed by atoms with E-state index in [2.05, 4.69) is 11.1 Å². The van der Waals surface area contributed by atoms with Crippen LogP contribution in [0.2, 0.25) is 0 Å². The Morgan fingerprint density at radius 1 is 1.03 bits per heavy atom. The Morgan fingerprint density at radius 2 is 1.90 bits per heavy atom. The largest absolute Gasteiger partial charge is 0.506 e. The van der Waals surface area contributed by atoms with Crippen molar-refractivity contribution in [2.45, 2.75) is 17.7 Å². The Labute approximate surface area is 201 Å². The summed E-state index contributed by atoms with van der Waals surface area (Å²) in [6.07, 6.45) is -1.50. The molecule has 2 aliphatic rings. The molecule has 6 heteroatoms. The topological polar surface area (TPSA) is 54.7 Å². The number of rotatable bonds is 3. The molecular weight excluding hydrogens is 587 g/mol. The number of thioether (sulfide) groups is 1. The summed E-state index contributed by atoms with van der Waals surface area (Å²) in [6.45, 7) is 0. The van der Waals surface area contributed by atoms with Gasteiger partial charge in [0.2, 0.25) is 5.88 Å². The van der Waals surface area contributed by atoms with Gasteiger partial charge in [-0.3, -0.25) is 0 Å². The van der Waals surface area contributed by atoms with Crippen LogP contribution >= 0.6 is 11.8 Å². The van der Waals surface area contributed by atoms with Crippen LogP contribution in [0.3, 0.4) is 0 Å². The molecule has 6 rings (SSSR count). The summed E-state index contributed by atoms with van der Waals surface area (Å²) in [6, 6.07) is 24.9. The fourth-order valence-electron chi connectivity index (χ4n) is 3.83. The van der Waals surface area contributed by atoms with Gasteiger partial charge in [0.15, 0.2) is 0 Å². The number of pyridine rings is 1. The second kappa shape index (κ2) is 8.14. The summed E-state index contributed by atoms with van der Waals surface area (Å²) in [5.41, 5.74) is 2.99. The number of phenolic OH excluding ortho intramolecular Hbond substituents is 1. The van der Waals surface area contributed by atoms with Gasteiger partial charge in [0.1, 0.15) is 11.3 Å². The van der Waals surface area contributed by atoms with E-state index in [9.17, 15) is 5.11 Å². The first kappa shape index (κ1) is 18.0. The molecule has 0 saturated carbocycles. The maximum Gasteiger partial charge on any atom is 0.217 e. The molecule has 0 bridgehead atoms. The number of phenols is 1. The van der Waals surface area contributed by atoms with Gasteiger partial charge in [-0.25, -0.2) is 4.98 Å². The van der Waals surface area contributed by atoms with E-state index >= 15 is 0 Å². The second-order valence-corrected chi connectivity index (χ2v) is 8.31. The first-order valence-corrected chi connectivity index (χ1v) is 10.5. The number of aromatic nitrogens is 1. The van der Waals surface area contributed by atoms with Crippen molar-refractivity contribution in [3.05, 3.63) is 95.6 Å². The molecule has 2 heterocycles. The molecule has 4 nitrogen and oxygen atoms in total. The van der Waals surface area contributed by atoms with E-state index in [-0.39, 0.29) is 32.1 Å². The van der Waals surface area contributed by atoms with Crippen molar-refractivity contribution in [1.82, 2.24) is 4.98 Å². The van der Waals surface area contributed by atoms with Crippen molar-refractivity contribution in [3.8, 4) is 17.4 Å². The van der Waals surface area contributed by atoms with E-state index in [1.54, 1.807) is 36.0 Å². The molecule has 1 aliphatic heterocycles. The zero-order valence-electron chi connectivity index (χ0n) is 18.1. The minimum Gasteiger partial charge on any atom is -0.506 e. The number of ether oxygens (including phenoxy) is 1. The van der Waals surface area contributed by atoms with Crippen LogP contribution in [0.5, 0.6) is 17.4 Å². The van der Waals surface area contributed by atoms with Crippen LogP contribution in [-0.2, 0) is 27.4 Å². The predicted octanol–water partition coefficient (Wildman–Crippen LogP) is 5.69. The fourth-order valence-corrected chi connectivity index (χ4v) is 5.09. The van der Waals surface area contributed by atoms with Crippen LogP contribution in [-0.4, -0.2) is 21.2 Å². The molecule has 0 amide bonds. The van der Waals surface area contributed by atoms with Crippen molar-refractivity contribution in [3.63, 3.8) is 0 Å². The third-order valence-electron chi connectivity index (χ3n) is 5.24. The summed E-state index contributed by atoms with van der Waals surface area (Å²) in [7, 11) is 0. The average Bonchev–Trinajstić information content (AvgIpc) is 3.34. The number of aliphatic imine (C=N–C) groups is 1. The standard InChI is InChI=1S/C25H17N2O2S.Pt/c28-21-10-4-6-15-11-12-22(27-23(15)21)29-18-8-3-7-17(13-18)25-26-20-14-16-5-1-2-9-19(16)24(20)30-25;/h1-12,20,24,28H,14H2;/q-1;/t20-,24+;/m0./s1/i14D2;. The number of hydrogen-bond donors (Lipinski definition) is 1. The van der Waals surface area contributed by atoms with Gasteiger partial charge >= 0.3 is 0 Å². The third kappa shape index (κ3) is 3.66. The van der Waals surface area contributed by atoms with Gasteiger partial charge in [0.05, 0.1) is 6.04 Å². The van der Waals surface area contributed by atoms with Crippen molar-refractivity contribution >= 4 is 27.7 Å². The first-order valence-electron chi connectivity index (χ1n) is 10.6. The van der Waals surface area contributed by atoms with Crippen molar-refractivity contribution < 1.29 is 33.7 Å². The number of benzene rings is 3. The molecule has 0 fully saturated rings. The minimum atomic E-state index is -1.50. The van der Waals surface area contributed by atoms with Crippen LogP contribution in [0.1, 0.15) is 24.7 Å². The van der Waals surface area contributed by atoms with Crippen LogP contribution in [0.15, 0.2) is 77.8 Å². The first-order chi connectivity index (χ1) is 15.5.